The fourth-order valence-corrected chi connectivity index (χ4v) is 2.57. The number of carbonyl (C=O) groups excluding carboxylic acids is 2. The number of pyridine rings is 1. The Bertz CT molecular complexity index is 690. The molecule has 0 aliphatic heterocycles. The van der Waals surface area contributed by atoms with Crippen molar-refractivity contribution in [1.29, 1.82) is 0 Å². The zero-order valence-electron chi connectivity index (χ0n) is 13.3. The quantitative estimate of drug-likeness (QED) is 0.768. The van der Waals surface area contributed by atoms with Crippen molar-refractivity contribution in [2.75, 3.05) is 6.61 Å². The van der Waals surface area contributed by atoms with Gasteiger partial charge in [0.05, 0.1) is 18.5 Å². The van der Waals surface area contributed by atoms with Crippen LogP contribution in [0.4, 0.5) is 0 Å². The van der Waals surface area contributed by atoms with E-state index in [0.29, 0.717) is 13.0 Å². The van der Waals surface area contributed by atoms with Crippen LogP contribution >= 0.6 is 0 Å². The molecule has 0 bridgehead atoms. The van der Waals surface area contributed by atoms with Gasteiger partial charge in [0.2, 0.25) is 0 Å². The molecule has 1 aromatic heterocycles. The van der Waals surface area contributed by atoms with E-state index in [0.717, 1.165) is 16.5 Å². The van der Waals surface area contributed by atoms with Crippen molar-refractivity contribution in [2.24, 2.45) is 5.41 Å². The van der Waals surface area contributed by atoms with Crippen molar-refractivity contribution in [1.82, 2.24) is 4.98 Å². The summed E-state index contributed by atoms with van der Waals surface area (Å²) < 4.78 is 5.01. The predicted octanol–water partition coefficient (Wildman–Crippen LogP) is 3.33. The second-order valence-corrected chi connectivity index (χ2v) is 5.76. The van der Waals surface area contributed by atoms with E-state index in [9.17, 15) is 9.59 Å². The third-order valence-electron chi connectivity index (χ3n) is 4.01. The molecule has 0 saturated carbocycles. The first-order chi connectivity index (χ1) is 10.5. The lowest BCUT2D eigenvalue weighted by Gasteiger charge is -2.26. The lowest BCUT2D eigenvalue weighted by molar-refractivity contribution is -0.148. The Morgan fingerprint density at radius 2 is 1.95 bits per heavy atom. The molecule has 22 heavy (non-hydrogen) atoms. The molecule has 1 heterocycles. The molecular formula is C18H21NO3. The van der Waals surface area contributed by atoms with Crippen molar-refractivity contribution in [3.63, 3.8) is 0 Å². The highest BCUT2D eigenvalue weighted by molar-refractivity contribution is 5.88. The lowest BCUT2D eigenvalue weighted by Crippen LogP contribution is -2.32. The summed E-state index contributed by atoms with van der Waals surface area (Å²) in [5.74, 6) is -0.347. The molecule has 4 nitrogen and oxygen atoms in total. The molecular weight excluding hydrogens is 278 g/mol. The Hall–Kier alpha value is -2.23. The molecule has 116 valence electrons. The van der Waals surface area contributed by atoms with E-state index in [1.807, 2.05) is 37.3 Å². The second-order valence-electron chi connectivity index (χ2n) is 5.76. The molecule has 1 aromatic carbocycles. The van der Waals surface area contributed by atoms with Gasteiger partial charge in [-0.15, -0.1) is 0 Å². The van der Waals surface area contributed by atoms with E-state index in [-0.39, 0.29) is 18.2 Å². The second kappa shape index (κ2) is 6.69. The van der Waals surface area contributed by atoms with Gasteiger partial charge in [-0.1, -0.05) is 25.1 Å². The number of Topliss-reactive ketones (excluding diaryl/α,β-unsaturated/α-hetero) is 1. The van der Waals surface area contributed by atoms with Gasteiger partial charge < -0.3 is 4.74 Å². The van der Waals surface area contributed by atoms with Gasteiger partial charge in [-0.05, 0) is 38.0 Å². The average Bonchev–Trinajstić information content (AvgIpc) is 2.47. The lowest BCUT2D eigenvalue weighted by atomic mass is 9.77. The van der Waals surface area contributed by atoms with E-state index in [4.69, 9.17) is 4.74 Å². The van der Waals surface area contributed by atoms with E-state index in [2.05, 4.69) is 4.98 Å². The van der Waals surface area contributed by atoms with Gasteiger partial charge in [-0.3, -0.25) is 14.6 Å². The van der Waals surface area contributed by atoms with E-state index in [1.54, 1.807) is 13.1 Å². The van der Waals surface area contributed by atoms with Crippen molar-refractivity contribution in [2.45, 2.75) is 33.6 Å². The molecule has 0 aliphatic rings. The smallest absolute Gasteiger partial charge is 0.306 e. The monoisotopic (exact) mass is 299 g/mol. The third kappa shape index (κ3) is 3.50. The number of aromatic nitrogens is 1. The fraction of sp³-hybridized carbons (Fsp3) is 0.389. The zero-order valence-corrected chi connectivity index (χ0v) is 13.3. The number of ketones is 1. The fourth-order valence-electron chi connectivity index (χ4n) is 2.57. The Morgan fingerprint density at radius 3 is 2.64 bits per heavy atom. The van der Waals surface area contributed by atoms with Crippen molar-refractivity contribution in [3.05, 3.63) is 42.1 Å². The number of rotatable bonds is 6. The van der Waals surface area contributed by atoms with Gasteiger partial charge in [-0.25, -0.2) is 0 Å². The van der Waals surface area contributed by atoms with Crippen LogP contribution < -0.4 is 0 Å². The molecule has 2 rings (SSSR count). The van der Waals surface area contributed by atoms with Crippen LogP contribution in [0.5, 0.6) is 0 Å². The summed E-state index contributed by atoms with van der Waals surface area (Å²) in [5, 5.41) is 1.02. The highest BCUT2D eigenvalue weighted by Gasteiger charge is 2.34. The number of fused-ring (bicyclic) bond motifs is 1. The van der Waals surface area contributed by atoms with Crippen LogP contribution in [-0.2, 0) is 20.7 Å². The normalized spacial score (nSPS) is 13.6. The Kier molecular flexibility index (Phi) is 4.91. The molecule has 0 spiro atoms. The molecule has 0 fully saturated rings. The predicted molar refractivity (Wildman–Crippen MR) is 85.5 cm³/mol. The van der Waals surface area contributed by atoms with Crippen LogP contribution in [-0.4, -0.2) is 23.3 Å². The molecule has 0 aliphatic carbocycles. The average molecular weight is 299 g/mol. The molecule has 4 heteroatoms. The third-order valence-corrected chi connectivity index (χ3v) is 4.01. The maximum absolute atomic E-state index is 12.1. The largest absolute Gasteiger partial charge is 0.466 e. The standard InChI is InChI=1S/C18H21NO3/c1-4-22-17(21)12-18(3,13(2)20)11-14-9-10-19-16-8-6-5-7-15(14)16/h5-10H,4,11-12H2,1-3H3. The number of hydrogen-bond acceptors (Lipinski definition) is 4. The molecule has 0 saturated heterocycles. The van der Waals surface area contributed by atoms with Crippen LogP contribution in [0.25, 0.3) is 10.9 Å². The first-order valence-corrected chi connectivity index (χ1v) is 7.45. The van der Waals surface area contributed by atoms with Crippen molar-refractivity contribution in [3.8, 4) is 0 Å². The zero-order chi connectivity index (χ0) is 16.2. The molecule has 0 N–H and O–H groups in total. The number of para-hydroxylation sites is 1. The molecule has 0 amide bonds. The number of hydrogen-bond donors (Lipinski definition) is 0. The van der Waals surface area contributed by atoms with Gasteiger partial charge in [-0.2, -0.15) is 0 Å². The van der Waals surface area contributed by atoms with Gasteiger partial charge in [0.25, 0.3) is 0 Å². The first-order valence-electron chi connectivity index (χ1n) is 7.45. The number of nitrogens with zero attached hydrogens (tertiary/aromatic N) is 1. The molecule has 2 aromatic rings. The Labute approximate surface area is 130 Å². The summed E-state index contributed by atoms with van der Waals surface area (Å²) in [6, 6.07) is 9.72. The number of benzene rings is 1. The Morgan fingerprint density at radius 1 is 1.23 bits per heavy atom. The van der Waals surface area contributed by atoms with Gasteiger partial charge in [0.15, 0.2) is 0 Å². The maximum atomic E-state index is 12.1. The first kappa shape index (κ1) is 16.1. The van der Waals surface area contributed by atoms with E-state index in [1.165, 1.54) is 6.92 Å². The number of ether oxygens (including phenoxy) is 1. The summed E-state index contributed by atoms with van der Waals surface area (Å²) in [6.45, 7) is 5.44. The molecule has 1 atom stereocenters. The summed E-state index contributed by atoms with van der Waals surface area (Å²) in [7, 11) is 0. The van der Waals surface area contributed by atoms with E-state index >= 15 is 0 Å². The van der Waals surface area contributed by atoms with Crippen LogP contribution in [0.15, 0.2) is 36.5 Å². The summed E-state index contributed by atoms with van der Waals surface area (Å²) in [6.07, 6.45) is 2.32. The maximum Gasteiger partial charge on any atom is 0.306 e. The minimum atomic E-state index is -0.767. The summed E-state index contributed by atoms with van der Waals surface area (Å²) in [4.78, 5) is 28.3. The van der Waals surface area contributed by atoms with Crippen LogP contribution in [0, 0.1) is 5.41 Å². The SMILES string of the molecule is CCOC(=O)CC(C)(Cc1ccnc2ccccc12)C(C)=O. The van der Waals surface area contributed by atoms with Gasteiger partial charge in [0, 0.05) is 17.0 Å². The van der Waals surface area contributed by atoms with Gasteiger partial charge in [0.1, 0.15) is 5.78 Å². The minimum absolute atomic E-state index is 0.0125. The van der Waals surface area contributed by atoms with Crippen molar-refractivity contribution >= 4 is 22.7 Å². The highest BCUT2D eigenvalue weighted by atomic mass is 16.5. The number of carbonyl (C=O) groups is 2. The Balaban J connectivity index is 2.34. The topological polar surface area (TPSA) is 56.3 Å². The van der Waals surface area contributed by atoms with E-state index < -0.39 is 5.41 Å². The molecule has 1 unspecified atom stereocenters. The van der Waals surface area contributed by atoms with Gasteiger partial charge >= 0.3 is 5.97 Å². The van der Waals surface area contributed by atoms with Crippen molar-refractivity contribution < 1.29 is 14.3 Å². The van der Waals surface area contributed by atoms with Crippen LogP contribution in [0.3, 0.4) is 0 Å². The summed E-state index contributed by atoms with van der Waals surface area (Å²) in [5.41, 5.74) is 1.14. The highest BCUT2D eigenvalue weighted by Crippen LogP contribution is 2.31. The van der Waals surface area contributed by atoms with Crippen LogP contribution in [0.2, 0.25) is 0 Å². The van der Waals surface area contributed by atoms with Crippen LogP contribution in [0.1, 0.15) is 32.8 Å². The molecule has 0 radical (unpaired) electrons. The summed E-state index contributed by atoms with van der Waals surface area (Å²) >= 11 is 0. The minimum Gasteiger partial charge on any atom is -0.466 e. The number of esters is 1.